The van der Waals surface area contributed by atoms with Gasteiger partial charge in [0, 0.05) is 57.1 Å². The largest absolute Gasteiger partial charge is 0.396 e. The van der Waals surface area contributed by atoms with Gasteiger partial charge < -0.3 is 15.2 Å². The Hall–Kier alpha value is -2.64. The van der Waals surface area contributed by atoms with Crippen LogP contribution in [0.15, 0.2) is 35.4 Å². The van der Waals surface area contributed by atoms with Gasteiger partial charge in [0.1, 0.15) is 5.69 Å². The lowest BCUT2D eigenvalue weighted by Crippen LogP contribution is -2.50. The number of aliphatic hydroxyl groups is 1. The zero-order valence-electron chi connectivity index (χ0n) is 25.2. The van der Waals surface area contributed by atoms with E-state index >= 15 is 0 Å². The van der Waals surface area contributed by atoms with E-state index in [9.17, 15) is 13.5 Å². The molecule has 234 valence electrons. The SMILES string of the molecule is CCCCNc1ncc2c(-c3ccc(S(=O)(=O)N4CCC(N5CCOCC5)CC4)cc3)nn(C3CCC(CO)CC3)c2n1. The average molecular weight is 612 g/mol. The number of aliphatic hydroxyl groups excluding tert-OH is 1. The van der Waals surface area contributed by atoms with Crippen molar-refractivity contribution in [3.05, 3.63) is 30.5 Å². The molecule has 0 spiro atoms. The summed E-state index contributed by atoms with van der Waals surface area (Å²) in [4.78, 5) is 12.2. The molecule has 4 heterocycles. The molecule has 0 atom stereocenters. The third-order valence-electron chi connectivity index (χ3n) is 9.43. The summed E-state index contributed by atoms with van der Waals surface area (Å²) in [6.07, 6.45) is 9.43. The van der Waals surface area contributed by atoms with Gasteiger partial charge in [0.05, 0.1) is 29.5 Å². The fourth-order valence-electron chi connectivity index (χ4n) is 6.75. The monoisotopic (exact) mass is 611 g/mol. The number of aromatic nitrogens is 4. The molecular weight excluding hydrogens is 566 g/mol. The molecule has 11 nitrogen and oxygen atoms in total. The van der Waals surface area contributed by atoms with E-state index in [0.29, 0.717) is 35.9 Å². The van der Waals surface area contributed by atoms with Crippen molar-refractivity contribution in [2.45, 2.75) is 75.3 Å². The van der Waals surface area contributed by atoms with Crippen molar-refractivity contribution in [2.24, 2.45) is 5.92 Å². The van der Waals surface area contributed by atoms with Crippen LogP contribution < -0.4 is 5.32 Å². The van der Waals surface area contributed by atoms with Crippen LogP contribution in [0, 0.1) is 5.92 Å². The van der Waals surface area contributed by atoms with Crippen LogP contribution in [-0.4, -0.2) is 101 Å². The maximum absolute atomic E-state index is 13.6. The van der Waals surface area contributed by atoms with Crippen LogP contribution in [0.1, 0.15) is 64.3 Å². The van der Waals surface area contributed by atoms with Gasteiger partial charge in [-0.2, -0.15) is 14.4 Å². The van der Waals surface area contributed by atoms with Crippen molar-refractivity contribution in [1.29, 1.82) is 0 Å². The standard InChI is InChI=1S/C31H45N7O4S/c1-2-3-14-32-31-33-21-28-29(35-38(30(28)34-31)26-8-4-23(22-39)5-9-26)24-6-10-27(11-7-24)43(40,41)37-15-12-25(13-16-37)36-17-19-42-20-18-36/h6-7,10-11,21,23,25-26,39H,2-5,8-9,12-20,22H2,1H3,(H,32,33,34). The van der Waals surface area contributed by atoms with E-state index < -0.39 is 10.0 Å². The Balaban J connectivity index is 1.22. The minimum absolute atomic E-state index is 0.192. The minimum atomic E-state index is -3.58. The third-order valence-corrected chi connectivity index (χ3v) is 11.3. The van der Waals surface area contributed by atoms with Gasteiger partial charge in [-0.3, -0.25) is 4.90 Å². The van der Waals surface area contributed by atoms with Gasteiger partial charge >= 0.3 is 0 Å². The van der Waals surface area contributed by atoms with Gasteiger partial charge in [0.15, 0.2) is 5.65 Å². The first-order chi connectivity index (χ1) is 21.0. The number of piperidine rings is 1. The summed E-state index contributed by atoms with van der Waals surface area (Å²) in [7, 11) is -3.58. The lowest BCUT2D eigenvalue weighted by Gasteiger charge is -2.39. The van der Waals surface area contributed by atoms with Gasteiger partial charge in [-0.15, -0.1) is 0 Å². The molecule has 0 radical (unpaired) electrons. The highest BCUT2D eigenvalue weighted by atomic mass is 32.2. The lowest BCUT2D eigenvalue weighted by molar-refractivity contribution is 0.00610. The molecule has 2 saturated heterocycles. The average Bonchev–Trinajstić information content (AvgIpc) is 3.44. The molecule has 2 aliphatic heterocycles. The summed E-state index contributed by atoms with van der Waals surface area (Å²) in [5.41, 5.74) is 2.39. The number of rotatable bonds is 10. The van der Waals surface area contributed by atoms with Gasteiger partial charge in [-0.05, 0) is 63.0 Å². The maximum Gasteiger partial charge on any atom is 0.243 e. The number of sulfonamides is 1. The van der Waals surface area contributed by atoms with E-state index in [2.05, 4.69) is 22.1 Å². The molecule has 0 amide bonds. The summed E-state index contributed by atoms with van der Waals surface area (Å²) < 4.78 is 36.3. The fraction of sp³-hybridized carbons (Fsp3) is 0.645. The second-order valence-electron chi connectivity index (χ2n) is 12.2. The first kappa shape index (κ1) is 30.4. The van der Waals surface area contributed by atoms with E-state index in [4.69, 9.17) is 14.8 Å². The number of nitrogens with zero attached hydrogens (tertiary/aromatic N) is 6. The number of anilines is 1. The van der Waals surface area contributed by atoms with Gasteiger partial charge in [-0.1, -0.05) is 25.5 Å². The number of ether oxygens (including phenoxy) is 1. The summed E-state index contributed by atoms with van der Waals surface area (Å²) in [5.74, 6) is 0.939. The molecule has 0 bridgehead atoms. The predicted octanol–water partition coefficient (Wildman–Crippen LogP) is 3.91. The minimum Gasteiger partial charge on any atom is -0.396 e. The van der Waals surface area contributed by atoms with Crippen LogP contribution in [0.4, 0.5) is 5.95 Å². The van der Waals surface area contributed by atoms with Crippen LogP contribution in [-0.2, 0) is 14.8 Å². The van der Waals surface area contributed by atoms with E-state index in [-0.39, 0.29) is 12.6 Å². The molecule has 1 saturated carbocycles. The molecular formula is C31H45N7O4S. The second-order valence-corrected chi connectivity index (χ2v) is 14.1. The van der Waals surface area contributed by atoms with Crippen molar-refractivity contribution in [3.63, 3.8) is 0 Å². The topological polar surface area (TPSA) is 126 Å². The Kier molecular flexibility index (Phi) is 9.58. The second kappa shape index (κ2) is 13.6. The van der Waals surface area contributed by atoms with Crippen molar-refractivity contribution < 1.29 is 18.3 Å². The summed E-state index contributed by atoms with van der Waals surface area (Å²) in [6.45, 7) is 7.62. The van der Waals surface area contributed by atoms with E-state index in [1.165, 1.54) is 0 Å². The van der Waals surface area contributed by atoms with Gasteiger partial charge in [0.2, 0.25) is 16.0 Å². The van der Waals surface area contributed by atoms with E-state index in [1.807, 2.05) is 23.0 Å². The van der Waals surface area contributed by atoms with Crippen molar-refractivity contribution >= 4 is 27.0 Å². The van der Waals surface area contributed by atoms with Crippen molar-refractivity contribution in [2.75, 3.05) is 57.9 Å². The summed E-state index contributed by atoms with van der Waals surface area (Å²) >= 11 is 0. The zero-order valence-corrected chi connectivity index (χ0v) is 26.0. The molecule has 2 N–H and O–H groups in total. The zero-order chi connectivity index (χ0) is 29.8. The highest BCUT2D eigenvalue weighted by Gasteiger charge is 2.32. The molecule has 12 heteroatoms. The fourth-order valence-corrected chi connectivity index (χ4v) is 8.22. The Morgan fingerprint density at radius 3 is 2.37 bits per heavy atom. The normalized spacial score (nSPS) is 23.1. The Labute approximate surface area is 254 Å². The highest BCUT2D eigenvalue weighted by molar-refractivity contribution is 7.89. The molecule has 6 rings (SSSR count). The molecule has 1 aliphatic carbocycles. The summed E-state index contributed by atoms with van der Waals surface area (Å²) in [6, 6.07) is 7.74. The smallest absolute Gasteiger partial charge is 0.243 e. The summed E-state index contributed by atoms with van der Waals surface area (Å²) in [5, 5.41) is 18.9. The number of fused-ring (bicyclic) bond motifs is 1. The molecule has 3 aliphatic rings. The number of unbranched alkanes of at least 4 members (excludes halogenated alkanes) is 1. The number of hydrogen-bond acceptors (Lipinski definition) is 9. The first-order valence-electron chi connectivity index (χ1n) is 16.0. The lowest BCUT2D eigenvalue weighted by atomic mass is 9.87. The Bertz CT molecular complexity index is 1460. The van der Waals surface area contributed by atoms with Crippen LogP contribution in [0.25, 0.3) is 22.3 Å². The van der Waals surface area contributed by atoms with Crippen LogP contribution >= 0.6 is 0 Å². The van der Waals surface area contributed by atoms with Gasteiger partial charge in [0.25, 0.3) is 0 Å². The molecule has 3 fully saturated rings. The first-order valence-corrected chi connectivity index (χ1v) is 17.4. The number of morpholine rings is 1. The van der Waals surface area contributed by atoms with Gasteiger partial charge in [-0.25, -0.2) is 18.1 Å². The quantitative estimate of drug-likeness (QED) is 0.328. The molecule has 3 aromatic rings. The highest BCUT2D eigenvalue weighted by Crippen LogP contribution is 2.36. The molecule has 43 heavy (non-hydrogen) atoms. The van der Waals surface area contributed by atoms with Crippen LogP contribution in [0.3, 0.4) is 0 Å². The Morgan fingerprint density at radius 1 is 0.977 bits per heavy atom. The molecule has 1 aromatic carbocycles. The Morgan fingerprint density at radius 2 is 1.70 bits per heavy atom. The van der Waals surface area contributed by atoms with Crippen molar-refractivity contribution in [1.82, 2.24) is 29.0 Å². The van der Waals surface area contributed by atoms with Crippen LogP contribution in [0.2, 0.25) is 0 Å². The molecule has 0 unspecified atom stereocenters. The third kappa shape index (κ3) is 6.58. The number of nitrogens with one attached hydrogen (secondary N) is 1. The predicted molar refractivity (Wildman–Crippen MR) is 166 cm³/mol. The van der Waals surface area contributed by atoms with Crippen molar-refractivity contribution in [3.8, 4) is 11.3 Å². The van der Waals surface area contributed by atoms with E-state index in [1.54, 1.807) is 16.4 Å². The molecule has 2 aromatic heterocycles. The number of benzene rings is 1. The van der Waals surface area contributed by atoms with E-state index in [0.717, 1.165) is 107 Å². The van der Waals surface area contributed by atoms with Crippen LogP contribution in [0.5, 0.6) is 0 Å². The maximum atomic E-state index is 13.6. The number of hydrogen-bond donors (Lipinski definition) is 2.